The minimum Gasteiger partial charge on any atom is -0.497 e. The second kappa shape index (κ2) is 8.22. The Morgan fingerprint density at radius 1 is 1.10 bits per heavy atom. The fraction of sp³-hybridized carbons (Fsp3) is 0.286. The fourth-order valence-corrected chi connectivity index (χ4v) is 3.15. The zero-order valence-corrected chi connectivity index (χ0v) is 16.5. The van der Waals surface area contributed by atoms with Crippen molar-refractivity contribution in [2.45, 2.75) is 25.3 Å². The molecule has 0 spiro atoms. The number of amides is 4. The van der Waals surface area contributed by atoms with Crippen molar-refractivity contribution < 1.29 is 23.9 Å². The van der Waals surface area contributed by atoms with Crippen LogP contribution in [0.4, 0.5) is 4.79 Å². The van der Waals surface area contributed by atoms with Gasteiger partial charge < -0.3 is 14.8 Å². The Morgan fingerprint density at radius 2 is 1.83 bits per heavy atom. The van der Waals surface area contributed by atoms with E-state index in [0.29, 0.717) is 29.3 Å². The van der Waals surface area contributed by atoms with Gasteiger partial charge in [0.1, 0.15) is 17.0 Å². The molecule has 8 heteroatoms. The Balaban J connectivity index is 1.74. The molecule has 0 saturated carbocycles. The van der Waals surface area contributed by atoms with Crippen molar-refractivity contribution in [3.8, 4) is 11.5 Å². The second-order valence-corrected chi connectivity index (χ2v) is 6.90. The van der Waals surface area contributed by atoms with Crippen molar-refractivity contribution in [1.29, 1.82) is 0 Å². The summed E-state index contributed by atoms with van der Waals surface area (Å²) in [5.41, 5.74) is 2.46. The number of carbonyl (C=O) groups is 3. The minimum atomic E-state index is -1.11. The van der Waals surface area contributed by atoms with E-state index in [9.17, 15) is 14.4 Å². The number of benzene rings is 2. The van der Waals surface area contributed by atoms with E-state index in [-0.39, 0.29) is 5.56 Å². The van der Waals surface area contributed by atoms with Gasteiger partial charge >= 0.3 is 6.03 Å². The SMILES string of the molecule is COc1ccc(OC)c(C(=O)NN2C(=O)NC(C)(CCc3ccccc3)C2=O)c1. The Hall–Kier alpha value is -3.55. The lowest BCUT2D eigenvalue weighted by atomic mass is 9.93. The van der Waals surface area contributed by atoms with Gasteiger partial charge in [0.15, 0.2) is 0 Å². The van der Waals surface area contributed by atoms with Gasteiger partial charge in [-0.1, -0.05) is 30.3 Å². The molecule has 1 fully saturated rings. The average Bonchev–Trinajstić information content (AvgIpc) is 2.95. The van der Waals surface area contributed by atoms with E-state index in [1.807, 2.05) is 30.3 Å². The van der Waals surface area contributed by atoms with Crippen LogP contribution in [0.5, 0.6) is 11.5 Å². The number of imide groups is 1. The van der Waals surface area contributed by atoms with Crippen LogP contribution in [-0.4, -0.2) is 42.6 Å². The first kappa shape index (κ1) is 20.2. The molecule has 1 heterocycles. The molecule has 2 aromatic rings. The average molecular weight is 397 g/mol. The van der Waals surface area contributed by atoms with E-state index in [1.54, 1.807) is 19.1 Å². The predicted octanol–water partition coefficient (Wildman–Crippen LogP) is 2.29. The first-order chi connectivity index (χ1) is 13.9. The highest BCUT2D eigenvalue weighted by molar-refractivity contribution is 6.09. The molecule has 0 aliphatic carbocycles. The minimum absolute atomic E-state index is 0.144. The van der Waals surface area contributed by atoms with Crippen LogP contribution in [0, 0.1) is 0 Å². The van der Waals surface area contributed by atoms with E-state index in [1.165, 1.54) is 20.3 Å². The van der Waals surface area contributed by atoms with Gasteiger partial charge in [0.05, 0.1) is 19.8 Å². The lowest BCUT2D eigenvalue weighted by Gasteiger charge is -2.21. The van der Waals surface area contributed by atoms with Gasteiger partial charge in [-0.15, -0.1) is 0 Å². The fourth-order valence-electron chi connectivity index (χ4n) is 3.15. The number of ether oxygens (including phenoxy) is 2. The molecule has 1 aliphatic rings. The standard InChI is InChI=1S/C21H23N3O5/c1-21(12-11-14-7-5-4-6-8-14)19(26)24(20(27)22-21)23-18(25)16-13-15(28-2)9-10-17(16)29-3/h4-10,13H,11-12H2,1-3H3,(H,22,27)(H,23,25). The number of hydrogen-bond acceptors (Lipinski definition) is 5. The van der Waals surface area contributed by atoms with Crippen LogP contribution in [0.25, 0.3) is 0 Å². The molecule has 152 valence electrons. The Labute approximate surface area is 168 Å². The quantitative estimate of drug-likeness (QED) is 0.699. The molecule has 0 bridgehead atoms. The van der Waals surface area contributed by atoms with Gasteiger partial charge in [-0.2, -0.15) is 5.01 Å². The van der Waals surface area contributed by atoms with Gasteiger partial charge in [0.25, 0.3) is 11.8 Å². The van der Waals surface area contributed by atoms with Crippen LogP contribution < -0.4 is 20.2 Å². The Bertz CT molecular complexity index is 931. The third-order valence-electron chi connectivity index (χ3n) is 4.88. The highest BCUT2D eigenvalue weighted by Gasteiger charge is 2.48. The zero-order valence-electron chi connectivity index (χ0n) is 16.5. The van der Waals surface area contributed by atoms with E-state index < -0.39 is 23.4 Å². The normalized spacial score (nSPS) is 18.4. The number of methoxy groups -OCH3 is 2. The van der Waals surface area contributed by atoms with Crippen molar-refractivity contribution in [2.75, 3.05) is 14.2 Å². The van der Waals surface area contributed by atoms with Gasteiger partial charge in [-0.05, 0) is 43.5 Å². The van der Waals surface area contributed by atoms with Gasteiger partial charge in [0.2, 0.25) is 0 Å². The number of carbonyl (C=O) groups excluding carboxylic acids is 3. The summed E-state index contributed by atoms with van der Waals surface area (Å²) >= 11 is 0. The van der Waals surface area contributed by atoms with Gasteiger partial charge in [-0.3, -0.25) is 15.0 Å². The molecule has 1 atom stereocenters. The molecule has 2 N–H and O–H groups in total. The number of hydrazine groups is 1. The smallest absolute Gasteiger partial charge is 0.344 e. The summed E-state index contributed by atoms with van der Waals surface area (Å²) < 4.78 is 10.3. The molecule has 29 heavy (non-hydrogen) atoms. The molecule has 8 nitrogen and oxygen atoms in total. The predicted molar refractivity (Wildman–Crippen MR) is 106 cm³/mol. The molecule has 3 rings (SSSR count). The van der Waals surface area contributed by atoms with Crippen molar-refractivity contribution >= 4 is 17.8 Å². The van der Waals surface area contributed by atoms with Crippen molar-refractivity contribution in [3.05, 3.63) is 59.7 Å². The number of urea groups is 1. The first-order valence-corrected chi connectivity index (χ1v) is 9.11. The monoisotopic (exact) mass is 397 g/mol. The molecule has 1 unspecified atom stereocenters. The van der Waals surface area contributed by atoms with Crippen LogP contribution in [0.1, 0.15) is 29.3 Å². The molecule has 0 aromatic heterocycles. The third-order valence-corrected chi connectivity index (χ3v) is 4.88. The van der Waals surface area contributed by atoms with Crippen LogP contribution in [0.15, 0.2) is 48.5 Å². The van der Waals surface area contributed by atoms with Crippen LogP contribution in [-0.2, 0) is 11.2 Å². The summed E-state index contributed by atoms with van der Waals surface area (Å²) in [6.45, 7) is 1.65. The Morgan fingerprint density at radius 3 is 2.48 bits per heavy atom. The number of nitrogens with one attached hydrogen (secondary N) is 2. The molecule has 4 amide bonds. The molecule has 1 saturated heterocycles. The largest absolute Gasteiger partial charge is 0.497 e. The van der Waals surface area contributed by atoms with E-state index in [2.05, 4.69) is 10.7 Å². The number of aryl methyl sites for hydroxylation is 1. The number of hydrogen-bond donors (Lipinski definition) is 2. The summed E-state index contributed by atoms with van der Waals surface area (Å²) in [6.07, 6.45) is 1.01. The summed E-state index contributed by atoms with van der Waals surface area (Å²) in [7, 11) is 2.89. The maximum atomic E-state index is 12.9. The maximum Gasteiger partial charge on any atom is 0.344 e. The summed E-state index contributed by atoms with van der Waals surface area (Å²) in [5.74, 6) is -0.437. The van der Waals surface area contributed by atoms with Crippen molar-refractivity contribution in [2.24, 2.45) is 0 Å². The van der Waals surface area contributed by atoms with Crippen LogP contribution >= 0.6 is 0 Å². The second-order valence-electron chi connectivity index (χ2n) is 6.90. The van der Waals surface area contributed by atoms with E-state index in [4.69, 9.17) is 9.47 Å². The number of rotatable bonds is 7. The van der Waals surface area contributed by atoms with Crippen LogP contribution in [0.2, 0.25) is 0 Å². The highest BCUT2D eigenvalue weighted by Crippen LogP contribution is 2.26. The summed E-state index contributed by atoms with van der Waals surface area (Å²) in [4.78, 5) is 38.0. The highest BCUT2D eigenvalue weighted by atomic mass is 16.5. The molecule has 2 aromatic carbocycles. The molecular formula is C21H23N3O5. The first-order valence-electron chi connectivity index (χ1n) is 9.11. The third kappa shape index (κ3) is 4.16. The van der Waals surface area contributed by atoms with Crippen molar-refractivity contribution in [3.63, 3.8) is 0 Å². The molecular weight excluding hydrogens is 374 g/mol. The topological polar surface area (TPSA) is 97.0 Å². The lowest BCUT2D eigenvalue weighted by molar-refractivity contribution is -0.132. The van der Waals surface area contributed by atoms with E-state index >= 15 is 0 Å². The zero-order chi connectivity index (χ0) is 21.0. The molecule has 1 aliphatic heterocycles. The lowest BCUT2D eigenvalue weighted by Crippen LogP contribution is -2.49. The summed E-state index contributed by atoms with van der Waals surface area (Å²) in [5, 5.41) is 3.39. The Kier molecular flexibility index (Phi) is 5.72. The van der Waals surface area contributed by atoms with Crippen molar-refractivity contribution in [1.82, 2.24) is 15.8 Å². The maximum absolute atomic E-state index is 12.9. The van der Waals surface area contributed by atoms with Gasteiger partial charge in [-0.25, -0.2) is 4.79 Å². The van der Waals surface area contributed by atoms with E-state index in [0.717, 1.165) is 5.56 Å². The number of nitrogens with zero attached hydrogens (tertiary/aromatic N) is 1. The summed E-state index contributed by atoms with van der Waals surface area (Å²) in [6, 6.07) is 13.7. The molecule has 0 radical (unpaired) electrons. The van der Waals surface area contributed by atoms with Crippen LogP contribution in [0.3, 0.4) is 0 Å². The van der Waals surface area contributed by atoms with Gasteiger partial charge in [0, 0.05) is 0 Å².